The van der Waals surface area contributed by atoms with Crippen molar-refractivity contribution in [2.45, 2.75) is 62.3 Å². The van der Waals surface area contributed by atoms with Crippen LogP contribution in [0.2, 0.25) is 0 Å². The molecule has 2 aliphatic carbocycles. The molecule has 2 heterocycles. The Morgan fingerprint density at radius 2 is 1.82 bits per heavy atom. The quantitative estimate of drug-likeness (QED) is 0.482. The first kappa shape index (κ1) is 21.5. The summed E-state index contributed by atoms with van der Waals surface area (Å²) in [5.41, 5.74) is 8.61. The monoisotopic (exact) mass is 445 g/mol. The standard InChI is InChI=1S/C26H31N5O2/c27-24(33)31-26(14-11-21-19(16-26)18-8-2-3-9-20(18)30-21)23(32)29-17-25(12-5-1-6-13-25)22-10-4-7-15-28-22/h2-4,7-10,15,30H,1,5-6,11-14,16-17H2,(H,29,32)(H3,27,31,33). The Labute approximate surface area is 193 Å². The van der Waals surface area contributed by atoms with Crippen LogP contribution >= 0.6 is 0 Å². The van der Waals surface area contributed by atoms with Crippen LogP contribution in [-0.2, 0) is 23.1 Å². The minimum absolute atomic E-state index is 0.168. The third-order valence-corrected chi connectivity index (χ3v) is 7.59. The normalized spacial score (nSPS) is 21.8. The lowest BCUT2D eigenvalue weighted by Crippen LogP contribution is -2.63. The van der Waals surface area contributed by atoms with Crippen LogP contribution in [0.4, 0.5) is 4.79 Å². The molecule has 3 amide bonds. The van der Waals surface area contributed by atoms with Gasteiger partial charge < -0.3 is 21.4 Å². The van der Waals surface area contributed by atoms with Crippen molar-refractivity contribution in [1.82, 2.24) is 20.6 Å². The van der Waals surface area contributed by atoms with Gasteiger partial charge in [-0.15, -0.1) is 0 Å². The van der Waals surface area contributed by atoms with Crippen molar-refractivity contribution in [2.24, 2.45) is 5.73 Å². The van der Waals surface area contributed by atoms with Crippen molar-refractivity contribution >= 4 is 22.8 Å². The van der Waals surface area contributed by atoms with Gasteiger partial charge in [0.1, 0.15) is 5.54 Å². The van der Waals surface area contributed by atoms with E-state index in [1.165, 1.54) is 6.42 Å². The fourth-order valence-electron chi connectivity index (χ4n) is 5.84. The number of hydrogen-bond acceptors (Lipinski definition) is 3. The highest BCUT2D eigenvalue weighted by Gasteiger charge is 2.45. The van der Waals surface area contributed by atoms with Crippen LogP contribution in [0.1, 0.15) is 55.5 Å². The first-order valence-electron chi connectivity index (χ1n) is 11.9. The van der Waals surface area contributed by atoms with Crippen LogP contribution in [-0.4, -0.2) is 34.0 Å². The van der Waals surface area contributed by atoms with E-state index in [4.69, 9.17) is 5.73 Å². The zero-order chi connectivity index (χ0) is 22.9. The number of carbonyl (C=O) groups is 2. The zero-order valence-corrected chi connectivity index (χ0v) is 18.8. The number of nitrogens with one attached hydrogen (secondary N) is 3. The van der Waals surface area contributed by atoms with Gasteiger partial charge in [0, 0.05) is 46.9 Å². The summed E-state index contributed by atoms with van der Waals surface area (Å²) < 4.78 is 0. The van der Waals surface area contributed by atoms with Crippen molar-refractivity contribution < 1.29 is 9.59 Å². The Kier molecular flexibility index (Phi) is 5.56. The van der Waals surface area contributed by atoms with Gasteiger partial charge in [0.15, 0.2) is 0 Å². The zero-order valence-electron chi connectivity index (χ0n) is 18.8. The van der Waals surface area contributed by atoms with E-state index in [0.717, 1.165) is 53.5 Å². The molecule has 2 aliphatic rings. The van der Waals surface area contributed by atoms with Crippen molar-refractivity contribution in [3.05, 3.63) is 65.6 Å². The molecule has 172 valence electrons. The number of rotatable bonds is 5. The fraction of sp³-hybridized carbons (Fsp3) is 0.423. The molecule has 5 N–H and O–H groups in total. The third-order valence-electron chi connectivity index (χ3n) is 7.59. The van der Waals surface area contributed by atoms with Crippen LogP contribution in [0.15, 0.2) is 48.7 Å². The van der Waals surface area contributed by atoms with Crippen LogP contribution in [0.5, 0.6) is 0 Å². The van der Waals surface area contributed by atoms with E-state index in [1.807, 2.05) is 36.5 Å². The summed E-state index contributed by atoms with van der Waals surface area (Å²) in [6.45, 7) is 0.506. The van der Waals surface area contributed by atoms with Crippen LogP contribution in [0.25, 0.3) is 10.9 Å². The van der Waals surface area contributed by atoms with E-state index in [2.05, 4.69) is 32.7 Å². The van der Waals surface area contributed by atoms with Gasteiger partial charge >= 0.3 is 6.03 Å². The Balaban J connectivity index is 1.42. The first-order valence-corrected chi connectivity index (χ1v) is 11.9. The van der Waals surface area contributed by atoms with Crippen molar-refractivity contribution in [3.8, 4) is 0 Å². The minimum atomic E-state index is -1.07. The van der Waals surface area contributed by atoms with E-state index in [9.17, 15) is 9.59 Å². The number of para-hydroxylation sites is 1. The molecule has 1 saturated carbocycles. The van der Waals surface area contributed by atoms with E-state index in [-0.39, 0.29) is 11.3 Å². The maximum absolute atomic E-state index is 13.7. The summed E-state index contributed by atoms with van der Waals surface area (Å²) in [5, 5.41) is 7.14. The van der Waals surface area contributed by atoms with Crippen molar-refractivity contribution in [2.75, 3.05) is 6.54 Å². The molecule has 1 aromatic carbocycles. The number of benzene rings is 1. The van der Waals surface area contributed by atoms with E-state index < -0.39 is 11.6 Å². The van der Waals surface area contributed by atoms with Crippen LogP contribution in [0.3, 0.4) is 0 Å². The van der Waals surface area contributed by atoms with Crippen LogP contribution < -0.4 is 16.4 Å². The van der Waals surface area contributed by atoms with Gasteiger partial charge in [-0.2, -0.15) is 0 Å². The van der Waals surface area contributed by atoms with Crippen molar-refractivity contribution in [1.29, 1.82) is 0 Å². The summed E-state index contributed by atoms with van der Waals surface area (Å²) in [4.78, 5) is 33.8. The van der Waals surface area contributed by atoms with E-state index >= 15 is 0 Å². The Bertz CT molecular complexity index is 1170. The SMILES string of the molecule is NC(=O)NC1(C(=O)NCC2(c3ccccn3)CCCCC2)CCc2[nH]c3ccccc3c2C1. The summed E-state index contributed by atoms with van der Waals surface area (Å²) in [6, 6.07) is 13.4. The smallest absolute Gasteiger partial charge is 0.313 e. The maximum Gasteiger partial charge on any atom is 0.313 e. The number of primary amides is 1. The van der Waals surface area contributed by atoms with Gasteiger partial charge in [0.2, 0.25) is 5.91 Å². The first-order chi connectivity index (χ1) is 16.0. The average Bonchev–Trinajstić information content (AvgIpc) is 3.21. The largest absolute Gasteiger partial charge is 0.358 e. The van der Waals surface area contributed by atoms with Gasteiger partial charge in [-0.1, -0.05) is 43.5 Å². The number of aromatic amines is 1. The van der Waals surface area contributed by atoms with E-state index in [1.54, 1.807) is 0 Å². The predicted octanol–water partition coefficient (Wildman–Crippen LogP) is 3.48. The summed E-state index contributed by atoms with van der Waals surface area (Å²) >= 11 is 0. The summed E-state index contributed by atoms with van der Waals surface area (Å²) in [5.74, 6) is -0.168. The molecule has 1 unspecified atom stereocenters. The van der Waals surface area contributed by atoms with Gasteiger partial charge in [-0.25, -0.2) is 4.79 Å². The maximum atomic E-state index is 13.7. The average molecular weight is 446 g/mol. The molecule has 0 spiro atoms. The topological polar surface area (TPSA) is 113 Å². The van der Waals surface area contributed by atoms with E-state index in [0.29, 0.717) is 25.8 Å². The molecule has 33 heavy (non-hydrogen) atoms. The molecular formula is C26H31N5O2. The number of amides is 3. The Morgan fingerprint density at radius 1 is 1.03 bits per heavy atom. The van der Waals surface area contributed by atoms with Gasteiger partial charge in [-0.3, -0.25) is 9.78 Å². The molecule has 1 fully saturated rings. The number of nitrogens with two attached hydrogens (primary N) is 1. The molecule has 0 radical (unpaired) electrons. The van der Waals surface area contributed by atoms with Gasteiger partial charge in [0.05, 0.1) is 0 Å². The third kappa shape index (κ3) is 3.96. The number of nitrogens with zero attached hydrogens (tertiary/aromatic N) is 1. The molecule has 7 nitrogen and oxygen atoms in total. The predicted molar refractivity (Wildman–Crippen MR) is 128 cm³/mol. The molecule has 0 aliphatic heterocycles. The van der Waals surface area contributed by atoms with Gasteiger partial charge in [0.25, 0.3) is 0 Å². The molecule has 5 rings (SSSR count). The number of H-pyrrole nitrogens is 1. The lowest BCUT2D eigenvalue weighted by atomic mass is 9.71. The molecule has 3 aromatic rings. The van der Waals surface area contributed by atoms with Crippen molar-refractivity contribution in [3.63, 3.8) is 0 Å². The number of hydrogen-bond donors (Lipinski definition) is 4. The Hall–Kier alpha value is -3.35. The highest BCUT2D eigenvalue weighted by atomic mass is 16.2. The lowest BCUT2D eigenvalue weighted by molar-refractivity contribution is -0.128. The summed E-state index contributed by atoms with van der Waals surface area (Å²) in [7, 11) is 0. The number of pyridine rings is 1. The Morgan fingerprint density at radius 3 is 2.58 bits per heavy atom. The summed E-state index contributed by atoms with van der Waals surface area (Å²) in [6.07, 6.45) is 8.84. The van der Waals surface area contributed by atoms with Crippen LogP contribution in [0, 0.1) is 0 Å². The number of aromatic nitrogens is 2. The lowest BCUT2D eigenvalue weighted by Gasteiger charge is -2.40. The second-order valence-corrected chi connectivity index (χ2v) is 9.61. The number of fused-ring (bicyclic) bond motifs is 3. The number of aryl methyl sites for hydroxylation is 1. The second kappa shape index (κ2) is 8.54. The molecular weight excluding hydrogens is 414 g/mol. The fourth-order valence-corrected chi connectivity index (χ4v) is 5.84. The molecule has 7 heteroatoms. The molecule has 2 aromatic heterocycles. The second-order valence-electron chi connectivity index (χ2n) is 9.61. The molecule has 0 bridgehead atoms. The molecule has 0 saturated heterocycles. The van der Waals surface area contributed by atoms with Gasteiger partial charge in [-0.05, 0) is 49.4 Å². The highest BCUT2D eigenvalue weighted by molar-refractivity contribution is 5.93. The number of urea groups is 1. The minimum Gasteiger partial charge on any atom is -0.358 e. The number of carbonyl (C=O) groups excluding carboxylic acids is 2. The molecule has 1 atom stereocenters. The highest BCUT2D eigenvalue weighted by Crippen LogP contribution is 2.39.